The van der Waals surface area contributed by atoms with Gasteiger partial charge in [-0.1, -0.05) is 6.07 Å². The van der Waals surface area contributed by atoms with E-state index in [4.69, 9.17) is 10.5 Å². The Morgan fingerprint density at radius 2 is 2.21 bits per heavy atom. The second-order valence-corrected chi connectivity index (χ2v) is 5.79. The predicted octanol–water partition coefficient (Wildman–Crippen LogP) is 1.27. The summed E-state index contributed by atoms with van der Waals surface area (Å²) in [6.07, 6.45) is 1.44. The smallest absolute Gasteiger partial charge is 0.0876 e. The Hall–Kier alpha value is -1.26. The quantitative estimate of drug-likeness (QED) is 0.814. The first kappa shape index (κ1) is 12.8. The van der Waals surface area contributed by atoms with Crippen LogP contribution in [-0.2, 0) is 11.2 Å². The van der Waals surface area contributed by atoms with Crippen molar-refractivity contribution in [1.29, 1.82) is 0 Å². The average molecular weight is 261 g/mol. The van der Waals surface area contributed by atoms with Crippen molar-refractivity contribution in [2.75, 3.05) is 50.5 Å². The van der Waals surface area contributed by atoms with Crippen LogP contribution >= 0.6 is 0 Å². The highest BCUT2D eigenvalue weighted by Crippen LogP contribution is 2.32. The van der Waals surface area contributed by atoms with Crippen LogP contribution in [0.1, 0.15) is 11.1 Å². The Labute approximate surface area is 115 Å². The molecule has 1 unspecified atom stereocenters. The van der Waals surface area contributed by atoms with E-state index in [0.717, 1.165) is 44.9 Å². The zero-order chi connectivity index (χ0) is 13.4. The van der Waals surface area contributed by atoms with Gasteiger partial charge in [0.25, 0.3) is 0 Å². The summed E-state index contributed by atoms with van der Waals surface area (Å²) in [5.41, 5.74) is 10.9. The predicted molar refractivity (Wildman–Crippen MR) is 78.7 cm³/mol. The zero-order valence-electron chi connectivity index (χ0n) is 11.9. The van der Waals surface area contributed by atoms with Crippen molar-refractivity contribution < 1.29 is 4.74 Å². The number of benzene rings is 1. The van der Waals surface area contributed by atoms with Crippen molar-refractivity contribution in [2.45, 2.75) is 19.4 Å². The molecule has 2 aliphatic rings. The van der Waals surface area contributed by atoms with E-state index in [1.807, 2.05) is 0 Å². The Balaban J connectivity index is 1.73. The van der Waals surface area contributed by atoms with Crippen molar-refractivity contribution in [3.05, 3.63) is 23.3 Å². The number of hydrogen-bond acceptors (Lipinski definition) is 4. The van der Waals surface area contributed by atoms with E-state index in [9.17, 15) is 0 Å². The van der Waals surface area contributed by atoms with Gasteiger partial charge in [-0.05, 0) is 37.6 Å². The Morgan fingerprint density at radius 1 is 1.37 bits per heavy atom. The molecule has 0 spiro atoms. The number of likely N-dealkylation sites (N-methyl/N-ethyl adjacent to an activating group) is 1. The lowest BCUT2D eigenvalue weighted by molar-refractivity contribution is -0.0145. The zero-order valence-corrected chi connectivity index (χ0v) is 11.9. The largest absolute Gasteiger partial charge is 0.398 e. The van der Waals surface area contributed by atoms with Gasteiger partial charge in [-0.15, -0.1) is 0 Å². The third kappa shape index (κ3) is 2.55. The molecule has 0 radical (unpaired) electrons. The van der Waals surface area contributed by atoms with Gasteiger partial charge in [0.15, 0.2) is 0 Å². The number of nitrogen functional groups attached to an aromatic ring is 1. The summed E-state index contributed by atoms with van der Waals surface area (Å²) in [7, 11) is 2.16. The average Bonchev–Trinajstić information content (AvgIpc) is 2.73. The molecule has 4 nitrogen and oxygen atoms in total. The SMILES string of the molecule is Cc1cc2c(cc1N)N(CC1CN(C)CCO1)CC2. The fourth-order valence-electron chi connectivity index (χ4n) is 3.06. The first-order valence-electron chi connectivity index (χ1n) is 7.07. The van der Waals surface area contributed by atoms with E-state index in [1.165, 1.54) is 16.8 Å². The van der Waals surface area contributed by atoms with Crippen LogP contribution in [0.4, 0.5) is 11.4 Å². The molecule has 2 heterocycles. The van der Waals surface area contributed by atoms with E-state index in [1.54, 1.807) is 0 Å². The molecule has 19 heavy (non-hydrogen) atoms. The van der Waals surface area contributed by atoms with Crippen LogP contribution in [0.5, 0.6) is 0 Å². The number of morpholine rings is 1. The lowest BCUT2D eigenvalue weighted by Gasteiger charge is -2.33. The highest BCUT2D eigenvalue weighted by Gasteiger charge is 2.25. The summed E-state index contributed by atoms with van der Waals surface area (Å²) in [5, 5.41) is 0. The molecule has 0 amide bonds. The lowest BCUT2D eigenvalue weighted by Crippen LogP contribution is -2.45. The van der Waals surface area contributed by atoms with Crippen LogP contribution < -0.4 is 10.6 Å². The molecule has 0 aliphatic carbocycles. The van der Waals surface area contributed by atoms with Crippen LogP contribution in [0.15, 0.2) is 12.1 Å². The topological polar surface area (TPSA) is 41.7 Å². The number of fused-ring (bicyclic) bond motifs is 1. The van der Waals surface area contributed by atoms with Gasteiger partial charge < -0.3 is 20.3 Å². The molecule has 1 saturated heterocycles. The molecule has 0 aromatic heterocycles. The van der Waals surface area contributed by atoms with Crippen LogP contribution in [0, 0.1) is 6.92 Å². The van der Waals surface area contributed by atoms with E-state index in [-0.39, 0.29) is 0 Å². The van der Waals surface area contributed by atoms with E-state index >= 15 is 0 Å². The third-order valence-corrected chi connectivity index (χ3v) is 4.22. The molecular weight excluding hydrogens is 238 g/mol. The van der Waals surface area contributed by atoms with Gasteiger partial charge in [0.1, 0.15) is 0 Å². The number of nitrogens with zero attached hydrogens (tertiary/aromatic N) is 2. The molecule has 0 saturated carbocycles. The minimum atomic E-state index is 0.312. The second kappa shape index (κ2) is 5.02. The first-order chi connectivity index (χ1) is 9.13. The van der Waals surface area contributed by atoms with Gasteiger partial charge >= 0.3 is 0 Å². The highest BCUT2D eigenvalue weighted by molar-refractivity contribution is 5.67. The van der Waals surface area contributed by atoms with Gasteiger partial charge in [0.2, 0.25) is 0 Å². The number of ether oxygens (including phenoxy) is 1. The van der Waals surface area contributed by atoms with Crippen molar-refractivity contribution >= 4 is 11.4 Å². The summed E-state index contributed by atoms with van der Waals surface area (Å²) in [5.74, 6) is 0. The van der Waals surface area contributed by atoms with Gasteiger partial charge in [0, 0.05) is 37.6 Å². The van der Waals surface area contributed by atoms with E-state index < -0.39 is 0 Å². The minimum Gasteiger partial charge on any atom is -0.398 e. The van der Waals surface area contributed by atoms with Crippen LogP contribution in [0.3, 0.4) is 0 Å². The summed E-state index contributed by atoms with van der Waals surface area (Å²) >= 11 is 0. The summed E-state index contributed by atoms with van der Waals surface area (Å²) in [6, 6.07) is 4.36. The summed E-state index contributed by atoms with van der Waals surface area (Å²) in [4.78, 5) is 4.77. The maximum atomic E-state index is 6.04. The van der Waals surface area contributed by atoms with Gasteiger partial charge in [-0.25, -0.2) is 0 Å². The number of hydrogen-bond donors (Lipinski definition) is 1. The maximum absolute atomic E-state index is 6.04. The van der Waals surface area contributed by atoms with E-state index in [0.29, 0.717) is 6.10 Å². The molecule has 4 heteroatoms. The first-order valence-corrected chi connectivity index (χ1v) is 7.07. The van der Waals surface area contributed by atoms with Crippen molar-refractivity contribution in [3.63, 3.8) is 0 Å². The van der Waals surface area contributed by atoms with Crippen molar-refractivity contribution in [2.24, 2.45) is 0 Å². The number of aryl methyl sites for hydroxylation is 1. The summed E-state index contributed by atoms with van der Waals surface area (Å²) < 4.78 is 5.86. The Morgan fingerprint density at radius 3 is 3.00 bits per heavy atom. The monoisotopic (exact) mass is 261 g/mol. The minimum absolute atomic E-state index is 0.312. The molecule has 1 fully saturated rings. The van der Waals surface area contributed by atoms with Crippen LogP contribution in [0.25, 0.3) is 0 Å². The lowest BCUT2D eigenvalue weighted by atomic mass is 10.1. The number of rotatable bonds is 2. The molecule has 2 N–H and O–H groups in total. The fourth-order valence-corrected chi connectivity index (χ4v) is 3.06. The maximum Gasteiger partial charge on any atom is 0.0876 e. The summed E-state index contributed by atoms with van der Waals surface area (Å²) in [6.45, 7) is 7.05. The van der Waals surface area contributed by atoms with Crippen molar-refractivity contribution in [3.8, 4) is 0 Å². The molecule has 2 aliphatic heterocycles. The Bertz CT molecular complexity index is 475. The number of nitrogens with two attached hydrogens (primary N) is 1. The molecule has 0 bridgehead atoms. The molecule has 1 aromatic carbocycles. The molecule has 1 aromatic rings. The van der Waals surface area contributed by atoms with Crippen LogP contribution in [-0.4, -0.2) is 50.8 Å². The van der Waals surface area contributed by atoms with Gasteiger partial charge in [-0.2, -0.15) is 0 Å². The van der Waals surface area contributed by atoms with Gasteiger partial charge in [0.05, 0.1) is 12.7 Å². The normalized spacial score (nSPS) is 23.7. The molecule has 1 atom stereocenters. The van der Waals surface area contributed by atoms with E-state index in [2.05, 4.69) is 35.9 Å². The number of anilines is 2. The van der Waals surface area contributed by atoms with Crippen LogP contribution in [0.2, 0.25) is 0 Å². The van der Waals surface area contributed by atoms with Crippen molar-refractivity contribution in [1.82, 2.24) is 4.90 Å². The van der Waals surface area contributed by atoms with Gasteiger partial charge in [-0.3, -0.25) is 0 Å². The molecular formula is C15H23N3O. The third-order valence-electron chi connectivity index (χ3n) is 4.22. The highest BCUT2D eigenvalue weighted by atomic mass is 16.5. The second-order valence-electron chi connectivity index (χ2n) is 5.79. The molecule has 3 rings (SSSR count). The standard InChI is InChI=1S/C15H23N3O/c1-11-7-12-3-4-18(15(12)8-14(11)16)10-13-9-17(2)5-6-19-13/h7-8,13H,3-6,9-10,16H2,1-2H3. The Kier molecular flexibility index (Phi) is 3.37. The molecule has 104 valence electrons. The fraction of sp³-hybridized carbons (Fsp3) is 0.600.